The van der Waals surface area contributed by atoms with Crippen LogP contribution in [0.25, 0.3) is 0 Å². The topological polar surface area (TPSA) is 52.2 Å². The molecule has 0 saturated heterocycles. The summed E-state index contributed by atoms with van der Waals surface area (Å²) in [7, 11) is 0. The molecule has 0 radical (unpaired) electrons. The van der Waals surface area contributed by atoms with E-state index >= 15 is 0 Å². The highest BCUT2D eigenvalue weighted by Crippen LogP contribution is 2.49. The maximum Gasteiger partial charge on any atom is 0.0715 e. The lowest BCUT2D eigenvalue weighted by molar-refractivity contribution is -0.255. The van der Waals surface area contributed by atoms with E-state index in [1.165, 1.54) is 11.1 Å². The molecule has 3 heteroatoms. The number of carbonyl (C=O) groups excluding carboxylic acids is 1. The molecule has 1 N–H and O–H groups in total. The van der Waals surface area contributed by atoms with Gasteiger partial charge < -0.3 is 15.2 Å². The van der Waals surface area contributed by atoms with Crippen LogP contribution in [-0.4, -0.2) is 5.97 Å². The molecule has 1 aliphatic carbocycles. The van der Waals surface area contributed by atoms with Crippen molar-refractivity contribution in [2.45, 2.75) is 25.3 Å². The number of carboxylic acid groups (broad SMARTS) is 1. The van der Waals surface area contributed by atoms with E-state index in [-0.39, 0.29) is 17.5 Å². The Morgan fingerprint density at radius 2 is 1.96 bits per heavy atom. The first kappa shape index (κ1) is 14.1. The minimum atomic E-state index is -1.12. The second kappa shape index (κ2) is 5.27. The Bertz CT molecular complexity index is 792. The van der Waals surface area contributed by atoms with E-state index in [9.17, 15) is 9.90 Å². The largest absolute Gasteiger partial charge is 0.545 e. The molecule has 3 nitrogen and oxygen atoms in total. The van der Waals surface area contributed by atoms with E-state index in [0.29, 0.717) is 5.92 Å². The van der Waals surface area contributed by atoms with Crippen LogP contribution in [0.15, 0.2) is 54.6 Å². The zero-order valence-corrected chi connectivity index (χ0v) is 13.0. The molecule has 3 atom stereocenters. The quantitative estimate of drug-likeness (QED) is 0.867. The van der Waals surface area contributed by atoms with Crippen LogP contribution in [0.4, 0.5) is 5.69 Å². The second-order valence-corrected chi connectivity index (χ2v) is 6.48. The second-order valence-electron chi connectivity index (χ2n) is 6.48. The summed E-state index contributed by atoms with van der Waals surface area (Å²) in [4.78, 5) is 11.1. The Morgan fingerprint density at radius 1 is 1.17 bits per heavy atom. The van der Waals surface area contributed by atoms with E-state index in [1.54, 1.807) is 12.1 Å². The van der Waals surface area contributed by atoms with Gasteiger partial charge in [0.15, 0.2) is 0 Å². The van der Waals surface area contributed by atoms with Crippen molar-refractivity contribution in [2.24, 2.45) is 5.92 Å². The van der Waals surface area contributed by atoms with Gasteiger partial charge in [0.05, 0.1) is 12.0 Å². The first-order valence-electron chi connectivity index (χ1n) is 7.98. The van der Waals surface area contributed by atoms with Crippen molar-refractivity contribution in [1.82, 2.24) is 0 Å². The summed E-state index contributed by atoms with van der Waals surface area (Å²) in [6.07, 6.45) is 5.43. The van der Waals surface area contributed by atoms with Crippen molar-refractivity contribution in [1.29, 1.82) is 0 Å². The van der Waals surface area contributed by atoms with Crippen molar-refractivity contribution in [3.05, 3.63) is 76.9 Å². The molecule has 2 aliphatic rings. The molecule has 0 aromatic heterocycles. The van der Waals surface area contributed by atoms with E-state index in [0.717, 1.165) is 17.7 Å². The number of aryl methyl sites for hydroxylation is 1. The molecule has 2 aromatic rings. The molecule has 0 unspecified atom stereocenters. The van der Waals surface area contributed by atoms with Crippen LogP contribution in [0.1, 0.15) is 45.4 Å². The van der Waals surface area contributed by atoms with Crippen LogP contribution >= 0.6 is 0 Å². The Morgan fingerprint density at radius 3 is 2.70 bits per heavy atom. The van der Waals surface area contributed by atoms with Gasteiger partial charge in [-0.05, 0) is 48.1 Å². The van der Waals surface area contributed by atoms with E-state index < -0.39 is 5.97 Å². The van der Waals surface area contributed by atoms with Crippen LogP contribution in [0, 0.1) is 12.8 Å². The summed E-state index contributed by atoms with van der Waals surface area (Å²) in [6.45, 7) is 2.09. The molecule has 0 spiro atoms. The molecular weight excluding hydrogens is 286 g/mol. The number of hydrogen-bond donors (Lipinski definition) is 1. The van der Waals surface area contributed by atoms with Crippen molar-refractivity contribution < 1.29 is 9.90 Å². The van der Waals surface area contributed by atoms with Crippen molar-refractivity contribution in [3.63, 3.8) is 0 Å². The Hall–Kier alpha value is -2.55. The normalized spacial score (nSPS) is 24.7. The van der Waals surface area contributed by atoms with Crippen LogP contribution in [0.5, 0.6) is 0 Å². The SMILES string of the molecule is Cc1ccc([C@H]2Nc3ccc(C(=O)[O-])cc3[C@H]3C=CC[C@H]32)cc1. The minimum absolute atomic E-state index is 0.247. The fourth-order valence-corrected chi connectivity index (χ4v) is 3.83. The fraction of sp³-hybridized carbons (Fsp3) is 0.250. The smallest absolute Gasteiger partial charge is 0.0715 e. The summed E-state index contributed by atoms with van der Waals surface area (Å²) in [5.74, 6) is -0.439. The number of nitrogens with one attached hydrogen (secondary N) is 1. The number of fused-ring (bicyclic) bond motifs is 3. The lowest BCUT2D eigenvalue weighted by Crippen LogP contribution is -2.30. The molecule has 4 rings (SSSR count). The predicted octanol–water partition coefficient (Wildman–Crippen LogP) is 3.19. The molecule has 1 heterocycles. The zero-order valence-electron chi connectivity index (χ0n) is 13.0. The molecule has 0 amide bonds. The molecular formula is C20H18NO2-. The van der Waals surface area contributed by atoms with Gasteiger partial charge in [0, 0.05) is 11.6 Å². The van der Waals surface area contributed by atoms with E-state index in [4.69, 9.17) is 0 Å². The van der Waals surface area contributed by atoms with Crippen molar-refractivity contribution in [3.8, 4) is 0 Å². The average molecular weight is 304 g/mol. The number of carboxylic acids is 1. The van der Waals surface area contributed by atoms with Gasteiger partial charge in [-0.2, -0.15) is 0 Å². The number of aromatic carboxylic acids is 1. The van der Waals surface area contributed by atoms with Crippen molar-refractivity contribution >= 4 is 11.7 Å². The summed E-state index contributed by atoms with van der Waals surface area (Å²) in [5, 5.41) is 14.8. The number of rotatable bonds is 2. The summed E-state index contributed by atoms with van der Waals surface area (Å²) in [6, 6.07) is 14.1. The third-order valence-electron chi connectivity index (χ3n) is 5.03. The molecule has 2 aromatic carbocycles. The molecule has 0 saturated carbocycles. The van der Waals surface area contributed by atoms with Gasteiger partial charge in [0.25, 0.3) is 0 Å². The molecule has 0 bridgehead atoms. The Labute approximate surface area is 135 Å². The van der Waals surface area contributed by atoms with Crippen LogP contribution in [0.3, 0.4) is 0 Å². The van der Waals surface area contributed by atoms with Gasteiger partial charge in [-0.25, -0.2) is 0 Å². The maximum atomic E-state index is 11.1. The van der Waals surface area contributed by atoms with Crippen LogP contribution < -0.4 is 10.4 Å². The van der Waals surface area contributed by atoms with Gasteiger partial charge in [0.2, 0.25) is 0 Å². The van der Waals surface area contributed by atoms with E-state index in [1.807, 2.05) is 6.07 Å². The maximum absolute atomic E-state index is 11.1. The van der Waals surface area contributed by atoms with Gasteiger partial charge in [-0.1, -0.05) is 48.0 Å². The van der Waals surface area contributed by atoms with Gasteiger partial charge >= 0.3 is 0 Å². The number of carbonyl (C=O) groups is 1. The van der Waals surface area contributed by atoms with Crippen LogP contribution in [0.2, 0.25) is 0 Å². The third kappa shape index (κ3) is 2.33. The van der Waals surface area contributed by atoms with Gasteiger partial charge in [0.1, 0.15) is 0 Å². The highest BCUT2D eigenvalue weighted by atomic mass is 16.4. The summed E-state index contributed by atoms with van der Waals surface area (Å²) < 4.78 is 0. The molecule has 23 heavy (non-hydrogen) atoms. The standard InChI is InChI=1S/C20H19NO2/c1-12-5-7-13(8-6-12)19-16-4-2-3-15(16)17-11-14(20(22)23)9-10-18(17)21-19/h2-3,5-11,15-16,19,21H,4H2,1H3,(H,22,23)/p-1/t15-,16+,19+/m0/s1. The molecule has 116 valence electrons. The predicted molar refractivity (Wildman–Crippen MR) is 88.3 cm³/mol. The highest BCUT2D eigenvalue weighted by molar-refractivity contribution is 5.87. The monoisotopic (exact) mass is 304 g/mol. The Kier molecular flexibility index (Phi) is 3.22. The number of benzene rings is 2. The number of hydrogen-bond acceptors (Lipinski definition) is 3. The minimum Gasteiger partial charge on any atom is -0.545 e. The first-order chi connectivity index (χ1) is 11.1. The number of allylic oxidation sites excluding steroid dienone is 2. The Balaban J connectivity index is 1.77. The number of anilines is 1. The van der Waals surface area contributed by atoms with Gasteiger partial charge in [-0.15, -0.1) is 0 Å². The third-order valence-corrected chi connectivity index (χ3v) is 5.03. The summed E-state index contributed by atoms with van der Waals surface area (Å²) >= 11 is 0. The zero-order chi connectivity index (χ0) is 16.0. The summed E-state index contributed by atoms with van der Waals surface area (Å²) in [5.41, 5.74) is 4.87. The lowest BCUT2D eigenvalue weighted by Gasteiger charge is -2.38. The van der Waals surface area contributed by atoms with E-state index in [2.05, 4.69) is 48.7 Å². The van der Waals surface area contributed by atoms with Crippen molar-refractivity contribution in [2.75, 3.05) is 5.32 Å². The highest BCUT2D eigenvalue weighted by Gasteiger charge is 2.37. The lowest BCUT2D eigenvalue weighted by atomic mass is 9.76. The fourth-order valence-electron chi connectivity index (χ4n) is 3.83. The first-order valence-corrected chi connectivity index (χ1v) is 7.98. The average Bonchev–Trinajstić information content (AvgIpc) is 3.04. The molecule has 0 fully saturated rings. The van der Waals surface area contributed by atoms with Gasteiger partial charge in [-0.3, -0.25) is 0 Å². The van der Waals surface area contributed by atoms with Crippen LogP contribution in [-0.2, 0) is 0 Å². The molecule has 1 aliphatic heterocycles.